The Hall–Kier alpha value is -2.02. The fourth-order valence-electron chi connectivity index (χ4n) is 1.91. The Kier molecular flexibility index (Phi) is 8.82. The fourth-order valence-corrected chi connectivity index (χ4v) is 1.91. The van der Waals surface area contributed by atoms with Crippen molar-refractivity contribution in [2.24, 2.45) is 5.92 Å². The van der Waals surface area contributed by atoms with E-state index in [1.54, 1.807) is 12.0 Å². The maximum Gasteiger partial charge on any atom is 0.274 e. The number of hydrogen-bond acceptors (Lipinski definition) is 5. The molecule has 0 fully saturated rings. The summed E-state index contributed by atoms with van der Waals surface area (Å²) in [5.74, 6) is 0.247. The van der Waals surface area contributed by atoms with Crippen LogP contribution >= 0.6 is 0 Å². The van der Waals surface area contributed by atoms with Crippen LogP contribution in [0.4, 0.5) is 0 Å². The predicted octanol–water partition coefficient (Wildman–Crippen LogP) is 1.12. The molecule has 0 aliphatic heterocycles. The Morgan fingerprint density at radius 3 is 2.70 bits per heavy atom. The minimum Gasteiger partial charge on any atom is -0.383 e. The first-order chi connectivity index (χ1) is 11.0. The summed E-state index contributed by atoms with van der Waals surface area (Å²) in [6, 6.07) is 0. The van der Waals surface area contributed by atoms with Gasteiger partial charge in [0.25, 0.3) is 5.91 Å². The highest BCUT2D eigenvalue weighted by Crippen LogP contribution is 2.02. The largest absolute Gasteiger partial charge is 0.383 e. The first-order valence-electron chi connectivity index (χ1n) is 7.85. The number of hydrogen-bond donors (Lipinski definition) is 1. The first-order valence-corrected chi connectivity index (χ1v) is 7.85. The molecule has 0 bridgehead atoms. The number of amides is 2. The maximum atomic E-state index is 12.4. The molecule has 0 radical (unpaired) electrons. The van der Waals surface area contributed by atoms with Crippen molar-refractivity contribution in [3.63, 3.8) is 0 Å². The van der Waals surface area contributed by atoms with E-state index in [1.165, 1.54) is 18.6 Å². The van der Waals surface area contributed by atoms with Gasteiger partial charge in [0, 0.05) is 45.6 Å². The van der Waals surface area contributed by atoms with Crippen LogP contribution in [0.25, 0.3) is 0 Å². The summed E-state index contributed by atoms with van der Waals surface area (Å²) < 4.78 is 5.03. The minimum atomic E-state index is -0.245. The number of rotatable bonds is 10. The first kappa shape index (κ1) is 19.0. The lowest BCUT2D eigenvalue weighted by Crippen LogP contribution is -2.38. The van der Waals surface area contributed by atoms with Gasteiger partial charge in [-0.25, -0.2) is 4.98 Å². The quantitative estimate of drug-likeness (QED) is 0.698. The average molecular weight is 322 g/mol. The van der Waals surface area contributed by atoms with Gasteiger partial charge >= 0.3 is 0 Å². The Morgan fingerprint density at radius 2 is 2.09 bits per heavy atom. The lowest BCUT2D eigenvalue weighted by Gasteiger charge is -2.21. The highest BCUT2D eigenvalue weighted by Gasteiger charge is 2.18. The van der Waals surface area contributed by atoms with Crippen molar-refractivity contribution in [3.05, 3.63) is 24.3 Å². The van der Waals surface area contributed by atoms with E-state index in [9.17, 15) is 9.59 Å². The van der Waals surface area contributed by atoms with Crippen LogP contribution in [0.5, 0.6) is 0 Å². The van der Waals surface area contributed by atoms with E-state index in [-0.39, 0.29) is 23.9 Å². The second-order valence-electron chi connectivity index (χ2n) is 5.66. The molecule has 7 heteroatoms. The van der Waals surface area contributed by atoms with Gasteiger partial charge in [-0.15, -0.1) is 0 Å². The van der Waals surface area contributed by atoms with E-state index >= 15 is 0 Å². The highest BCUT2D eigenvalue weighted by molar-refractivity contribution is 5.92. The van der Waals surface area contributed by atoms with Gasteiger partial charge in [0.05, 0.1) is 12.8 Å². The summed E-state index contributed by atoms with van der Waals surface area (Å²) in [5.41, 5.74) is 0.267. The molecular weight excluding hydrogens is 296 g/mol. The third kappa shape index (κ3) is 7.69. The molecule has 23 heavy (non-hydrogen) atoms. The summed E-state index contributed by atoms with van der Waals surface area (Å²) in [7, 11) is 1.57. The number of carbonyl (C=O) groups excluding carboxylic acids is 2. The van der Waals surface area contributed by atoms with Crippen molar-refractivity contribution in [2.45, 2.75) is 26.7 Å². The van der Waals surface area contributed by atoms with Crippen molar-refractivity contribution in [3.8, 4) is 0 Å². The third-order valence-corrected chi connectivity index (χ3v) is 3.29. The number of carbonyl (C=O) groups is 2. The second kappa shape index (κ2) is 10.7. The molecule has 1 N–H and O–H groups in total. The average Bonchev–Trinajstić information content (AvgIpc) is 2.55. The topological polar surface area (TPSA) is 84.4 Å². The zero-order chi connectivity index (χ0) is 17.1. The van der Waals surface area contributed by atoms with E-state index in [2.05, 4.69) is 29.1 Å². The Balaban J connectivity index is 2.51. The van der Waals surface area contributed by atoms with Gasteiger partial charge in [0.1, 0.15) is 5.69 Å². The molecule has 0 spiro atoms. The molecule has 0 atom stereocenters. The molecule has 7 nitrogen and oxygen atoms in total. The zero-order valence-electron chi connectivity index (χ0n) is 14.1. The van der Waals surface area contributed by atoms with E-state index in [0.717, 1.165) is 6.42 Å². The molecule has 1 rings (SSSR count). The SMILES string of the molecule is COCCN(CCC(=O)NCCC(C)C)C(=O)c1cnccn1. The van der Waals surface area contributed by atoms with Crippen LogP contribution in [0.1, 0.15) is 37.2 Å². The molecule has 128 valence electrons. The molecular formula is C16H26N4O3. The second-order valence-corrected chi connectivity index (χ2v) is 5.66. The van der Waals surface area contributed by atoms with Crippen molar-refractivity contribution >= 4 is 11.8 Å². The van der Waals surface area contributed by atoms with Crippen LogP contribution in [-0.2, 0) is 9.53 Å². The molecule has 1 heterocycles. The smallest absolute Gasteiger partial charge is 0.274 e. The zero-order valence-corrected chi connectivity index (χ0v) is 14.1. The molecule has 0 saturated heterocycles. The predicted molar refractivity (Wildman–Crippen MR) is 86.9 cm³/mol. The molecule has 2 amide bonds. The van der Waals surface area contributed by atoms with Crippen LogP contribution in [0.2, 0.25) is 0 Å². The van der Waals surface area contributed by atoms with E-state index in [0.29, 0.717) is 32.2 Å². The Bertz CT molecular complexity index is 479. The van der Waals surface area contributed by atoms with Crippen LogP contribution in [0.3, 0.4) is 0 Å². The van der Waals surface area contributed by atoms with Crippen LogP contribution in [0.15, 0.2) is 18.6 Å². The van der Waals surface area contributed by atoms with Gasteiger partial charge < -0.3 is 15.0 Å². The summed E-state index contributed by atoms with van der Waals surface area (Å²) in [6.45, 7) is 6.02. The van der Waals surface area contributed by atoms with Gasteiger partial charge in [0.15, 0.2) is 0 Å². The highest BCUT2D eigenvalue weighted by atomic mass is 16.5. The summed E-state index contributed by atoms with van der Waals surface area (Å²) in [4.78, 5) is 33.7. The van der Waals surface area contributed by atoms with E-state index in [4.69, 9.17) is 4.74 Å². The van der Waals surface area contributed by atoms with Gasteiger partial charge in [-0.2, -0.15) is 0 Å². The van der Waals surface area contributed by atoms with Crippen molar-refractivity contribution in [1.29, 1.82) is 0 Å². The van der Waals surface area contributed by atoms with Crippen molar-refractivity contribution in [1.82, 2.24) is 20.2 Å². The normalized spacial score (nSPS) is 10.6. The number of methoxy groups -OCH3 is 1. The number of nitrogens with one attached hydrogen (secondary N) is 1. The maximum absolute atomic E-state index is 12.4. The Morgan fingerprint density at radius 1 is 1.30 bits per heavy atom. The van der Waals surface area contributed by atoms with Gasteiger partial charge in [0.2, 0.25) is 5.91 Å². The van der Waals surface area contributed by atoms with E-state index in [1.807, 2.05) is 0 Å². The molecule has 0 aliphatic rings. The standard InChI is InChI=1S/C16H26N4O3/c1-13(2)4-6-19-15(21)5-9-20(10-11-23-3)16(22)14-12-17-7-8-18-14/h7-8,12-13H,4-6,9-11H2,1-3H3,(H,19,21). The van der Waals surface area contributed by atoms with Gasteiger partial charge in [-0.1, -0.05) is 13.8 Å². The lowest BCUT2D eigenvalue weighted by molar-refractivity contribution is -0.121. The monoisotopic (exact) mass is 322 g/mol. The lowest BCUT2D eigenvalue weighted by atomic mass is 10.1. The molecule has 0 aliphatic carbocycles. The summed E-state index contributed by atoms with van der Waals surface area (Å²) in [5, 5.41) is 2.87. The minimum absolute atomic E-state index is 0.0555. The van der Waals surface area contributed by atoms with Crippen molar-refractivity contribution < 1.29 is 14.3 Å². The summed E-state index contributed by atoms with van der Waals surface area (Å²) in [6.07, 6.45) is 5.61. The van der Waals surface area contributed by atoms with Gasteiger partial charge in [-0.05, 0) is 12.3 Å². The van der Waals surface area contributed by atoms with Crippen LogP contribution in [-0.4, -0.2) is 60.0 Å². The van der Waals surface area contributed by atoms with Crippen LogP contribution in [0, 0.1) is 5.92 Å². The number of ether oxygens (including phenoxy) is 1. The molecule has 1 aromatic heterocycles. The summed E-state index contributed by atoms with van der Waals surface area (Å²) >= 11 is 0. The molecule has 0 unspecified atom stereocenters. The molecule has 0 aromatic carbocycles. The fraction of sp³-hybridized carbons (Fsp3) is 0.625. The number of nitrogens with zero attached hydrogens (tertiary/aromatic N) is 3. The molecule has 1 aromatic rings. The van der Waals surface area contributed by atoms with E-state index < -0.39 is 0 Å². The Labute approximate surface area is 137 Å². The molecule has 0 saturated carbocycles. The van der Waals surface area contributed by atoms with Gasteiger partial charge in [-0.3, -0.25) is 14.6 Å². The van der Waals surface area contributed by atoms with Crippen LogP contribution < -0.4 is 5.32 Å². The third-order valence-electron chi connectivity index (χ3n) is 3.29. The van der Waals surface area contributed by atoms with Crippen molar-refractivity contribution in [2.75, 3.05) is 33.4 Å². The number of aromatic nitrogens is 2.